The summed E-state index contributed by atoms with van der Waals surface area (Å²) in [5, 5.41) is 14.3. The Hall–Kier alpha value is -0.940. The third kappa shape index (κ3) is 3.51. The molecule has 1 unspecified atom stereocenters. The van der Waals surface area contributed by atoms with Gasteiger partial charge in [-0.25, -0.2) is 4.98 Å². The van der Waals surface area contributed by atoms with Crippen molar-refractivity contribution in [2.45, 2.75) is 50.6 Å². The van der Waals surface area contributed by atoms with Crippen LogP contribution < -0.4 is 5.32 Å². The molecule has 1 aliphatic rings. The van der Waals surface area contributed by atoms with Crippen LogP contribution in [0.5, 0.6) is 0 Å². The lowest BCUT2D eigenvalue weighted by Crippen LogP contribution is -2.37. The number of rotatable bonds is 4. The lowest BCUT2D eigenvalue weighted by Gasteiger charge is -2.20. The van der Waals surface area contributed by atoms with Crippen molar-refractivity contribution in [3.8, 4) is 0 Å². The summed E-state index contributed by atoms with van der Waals surface area (Å²) in [5.74, 6) is -0.833. The van der Waals surface area contributed by atoms with Crippen LogP contribution in [0.4, 0.5) is 0 Å². The van der Waals surface area contributed by atoms with E-state index < -0.39 is 12.0 Å². The first-order chi connectivity index (χ1) is 8.27. The zero-order valence-electron chi connectivity index (χ0n) is 9.76. The lowest BCUT2D eigenvalue weighted by atomic mass is 10.1. The van der Waals surface area contributed by atoms with Crippen LogP contribution >= 0.6 is 11.3 Å². The van der Waals surface area contributed by atoms with Gasteiger partial charge in [0.2, 0.25) is 0 Å². The minimum atomic E-state index is -0.833. The average molecular weight is 254 g/mol. The Kier molecular flexibility index (Phi) is 4.50. The number of hydrogen-bond donors (Lipinski definition) is 2. The van der Waals surface area contributed by atoms with Gasteiger partial charge >= 0.3 is 5.97 Å². The van der Waals surface area contributed by atoms with Gasteiger partial charge in [0.05, 0.1) is 11.2 Å². The third-order valence-corrected chi connectivity index (χ3v) is 3.86. The van der Waals surface area contributed by atoms with Crippen LogP contribution in [0.3, 0.4) is 0 Å². The summed E-state index contributed by atoms with van der Waals surface area (Å²) in [7, 11) is 0. The molecule has 1 saturated carbocycles. The van der Waals surface area contributed by atoms with Crippen LogP contribution in [0.15, 0.2) is 10.9 Å². The fourth-order valence-corrected chi connectivity index (χ4v) is 2.91. The summed E-state index contributed by atoms with van der Waals surface area (Å²) in [6, 6.07) is -0.329. The fraction of sp³-hybridized carbons (Fsp3) is 0.667. The maximum atomic E-state index is 11.3. The molecule has 1 aromatic rings. The number of nitrogens with zero attached hydrogens (tertiary/aromatic N) is 1. The quantitative estimate of drug-likeness (QED) is 0.811. The van der Waals surface area contributed by atoms with Crippen molar-refractivity contribution in [2.75, 3.05) is 0 Å². The van der Waals surface area contributed by atoms with E-state index >= 15 is 0 Å². The van der Waals surface area contributed by atoms with Crippen LogP contribution in [0.25, 0.3) is 0 Å². The van der Waals surface area contributed by atoms with Gasteiger partial charge in [0.1, 0.15) is 6.04 Å². The third-order valence-electron chi connectivity index (χ3n) is 3.25. The topological polar surface area (TPSA) is 62.2 Å². The zero-order valence-corrected chi connectivity index (χ0v) is 10.6. The molecular weight excluding hydrogens is 236 g/mol. The smallest absolute Gasteiger partial charge is 0.327 e. The van der Waals surface area contributed by atoms with Crippen molar-refractivity contribution < 1.29 is 9.90 Å². The van der Waals surface area contributed by atoms with Crippen LogP contribution in [0.2, 0.25) is 0 Å². The van der Waals surface area contributed by atoms with E-state index in [9.17, 15) is 9.90 Å². The van der Waals surface area contributed by atoms with E-state index in [1.54, 1.807) is 5.51 Å². The van der Waals surface area contributed by atoms with Gasteiger partial charge in [0.25, 0.3) is 0 Å². The van der Waals surface area contributed by atoms with E-state index in [1.165, 1.54) is 37.0 Å². The van der Waals surface area contributed by atoms with Gasteiger partial charge in [-0.15, -0.1) is 11.3 Å². The van der Waals surface area contributed by atoms with Gasteiger partial charge in [0, 0.05) is 11.4 Å². The number of nitrogens with one attached hydrogen (secondary N) is 1. The molecule has 1 aliphatic carbocycles. The second-order valence-corrected chi connectivity index (χ2v) is 5.26. The number of carboxylic acid groups (broad SMARTS) is 1. The Balaban J connectivity index is 2.00. The van der Waals surface area contributed by atoms with Gasteiger partial charge in [-0.3, -0.25) is 10.1 Å². The second-order valence-electron chi connectivity index (χ2n) is 4.54. The van der Waals surface area contributed by atoms with Crippen molar-refractivity contribution in [2.24, 2.45) is 0 Å². The molecule has 0 radical (unpaired) electrons. The number of hydrogen-bond acceptors (Lipinski definition) is 4. The molecule has 1 heterocycles. The summed E-state index contributed by atoms with van der Waals surface area (Å²) in [6.45, 7) is 0. The average Bonchev–Trinajstić information content (AvgIpc) is 2.70. The molecule has 2 rings (SSSR count). The monoisotopic (exact) mass is 254 g/mol. The lowest BCUT2D eigenvalue weighted by molar-refractivity contribution is -0.140. The van der Waals surface area contributed by atoms with Gasteiger partial charge in [-0.1, -0.05) is 25.7 Å². The first-order valence-corrected chi connectivity index (χ1v) is 7.08. The molecule has 1 fully saturated rings. The summed E-state index contributed by atoms with van der Waals surface area (Å²) in [6.07, 6.45) is 7.09. The number of carbonyl (C=O) groups is 1. The van der Waals surface area contributed by atoms with Crippen molar-refractivity contribution in [1.29, 1.82) is 0 Å². The van der Waals surface area contributed by atoms with Crippen LogP contribution in [-0.4, -0.2) is 22.1 Å². The molecule has 94 valence electrons. The predicted molar refractivity (Wildman–Crippen MR) is 67.1 cm³/mol. The fourth-order valence-electron chi connectivity index (χ4n) is 2.33. The molecule has 0 aromatic carbocycles. The minimum absolute atomic E-state index is 0.320. The first kappa shape index (κ1) is 12.5. The maximum Gasteiger partial charge on any atom is 0.327 e. The Morgan fingerprint density at radius 3 is 2.65 bits per heavy atom. The highest BCUT2D eigenvalue weighted by molar-refractivity contribution is 7.07. The largest absolute Gasteiger partial charge is 0.480 e. The minimum Gasteiger partial charge on any atom is -0.480 e. The van der Waals surface area contributed by atoms with Gasteiger partial charge in [0.15, 0.2) is 0 Å². The number of aromatic nitrogens is 1. The van der Waals surface area contributed by atoms with E-state index in [2.05, 4.69) is 10.3 Å². The first-order valence-electron chi connectivity index (χ1n) is 6.14. The molecular formula is C12H18N2O2S. The standard InChI is InChI=1S/C12H18N2O2S/c15-12(16)11(10-7-17-8-13-10)14-9-5-3-1-2-4-6-9/h7-9,11,14H,1-6H2,(H,15,16). The molecule has 5 heteroatoms. The van der Waals surface area contributed by atoms with Crippen LogP contribution in [-0.2, 0) is 4.79 Å². The molecule has 17 heavy (non-hydrogen) atoms. The molecule has 1 aromatic heterocycles. The molecule has 0 amide bonds. The molecule has 0 saturated heterocycles. The van der Waals surface area contributed by atoms with Gasteiger partial charge < -0.3 is 5.11 Å². The van der Waals surface area contributed by atoms with E-state index in [0.717, 1.165) is 12.8 Å². The van der Waals surface area contributed by atoms with E-state index in [0.29, 0.717) is 11.7 Å². The zero-order chi connectivity index (χ0) is 12.1. The highest BCUT2D eigenvalue weighted by Crippen LogP contribution is 2.21. The van der Waals surface area contributed by atoms with Crippen molar-refractivity contribution in [3.63, 3.8) is 0 Å². The second kappa shape index (κ2) is 6.12. The number of carboxylic acids is 1. The highest BCUT2D eigenvalue weighted by Gasteiger charge is 2.25. The molecule has 2 N–H and O–H groups in total. The summed E-state index contributed by atoms with van der Waals surface area (Å²) in [4.78, 5) is 15.4. The van der Waals surface area contributed by atoms with Gasteiger partial charge in [-0.05, 0) is 12.8 Å². The summed E-state index contributed by atoms with van der Waals surface area (Å²) < 4.78 is 0. The molecule has 1 atom stereocenters. The van der Waals surface area contributed by atoms with E-state index in [1.807, 2.05) is 5.38 Å². The number of thiazole rings is 1. The van der Waals surface area contributed by atoms with Crippen LogP contribution in [0, 0.1) is 0 Å². The maximum absolute atomic E-state index is 11.3. The molecule has 0 spiro atoms. The highest BCUT2D eigenvalue weighted by atomic mass is 32.1. The summed E-state index contributed by atoms with van der Waals surface area (Å²) in [5.41, 5.74) is 2.31. The molecule has 0 bridgehead atoms. The van der Waals surface area contributed by atoms with E-state index in [4.69, 9.17) is 0 Å². The van der Waals surface area contributed by atoms with E-state index in [-0.39, 0.29) is 0 Å². The van der Waals surface area contributed by atoms with Crippen molar-refractivity contribution >= 4 is 17.3 Å². The number of aliphatic carboxylic acids is 1. The SMILES string of the molecule is O=C(O)C(NC1CCCCCC1)c1cscn1. The Morgan fingerprint density at radius 2 is 2.12 bits per heavy atom. The normalized spacial score (nSPS) is 19.8. The predicted octanol–water partition coefficient (Wildman–Crippen LogP) is 2.58. The van der Waals surface area contributed by atoms with Gasteiger partial charge in [-0.2, -0.15) is 0 Å². The molecule has 0 aliphatic heterocycles. The van der Waals surface area contributed by atoms with Crippen molar-refractivity contribution in [1.82, 2.24) is 10.3 Å². The molecule has 4 nitrogen and oxygen atoms in total. The Bertz CT molecular complexity index is 345. The Labute approximate surface area is 105 Å². The summed E-state index contributed by atoms with van der Waals surface area (Å²) >= 11 is 1.44. The van der Waals surface area contributed by atoms with Crippen LogP contribution in [0.1, 0.15) is 50.3 Å². The van der Waals surface area contributed by atoms with Crippen molar-refractivity contribution in [3.05, 3.63) is 16.6 Å². The Morgan fingerprint density at radius 1 is 1.41 bits per heavy atom.